The van der Waals surface area contributed by atoms with E-state index in [1.165, 1.54) is 6.21 Å². The van der Waals surface area contributed by atoms with E-state index in [2.05, 4.69) is 30.7 Å². The van der Waals surface area contributed by atoms with Crippen molar-refractivity contribution in [2.45, 2.75) is 19.1 Å². The van der Waals surface area contributed by atoms with Gasteiger partial charge in [-0.25, -0.2) is 13.4 Å². The summed E-state index contributed by atoms with van der Waals surface area (Å²) in [4.78, 5) is 4.07. The molecule has 1 aliphatic rings. The van der Waals surface area contributed by atoms with Crippen molar-refractivity contribution in [3.63, 3.8) is 0 Å². The lowest BCUT2D eigenvalue weighted by Crippen LogP contribution is -2.33. The number of halogens is 1. The van der Waals surface area contributed by atoms with Gasteiger partial charge in [0.2, 0.25) is 15.9 Å². The molecule has 1 atom stereocenters. The fourth-order valence-corrected chi connectivity index (χ4v) is 3.36. The first kappa shape index (κ1) is 16.0. The van der Waals surface area contributed by atoms with Gasteiger partial charge in [0, 0.05) is 23.4 Å². The molecule has 0 radical (unpaired) electrons. The molecule has 0 amide bonds. The third kappa shape index (κ3) is 3.85. The van der Waals surface area contributed by atoms with Crippen LogP contribution in [0.1, 0.15) is 13.8 Å². The van der Waals surface area contributed by atoms with Crippen LogP contribution in [0, 0.1) is 0 Å². The maximum absolute atomic E-state index is 12.4. The highest BCUT2D eigenvalue weighted by molar-refractivity contribution is 9.10. The van der Waals surface area contributed by atoms with Gasteiger partial charge in [-0.05, 0) is 35.8 Å². The van der Waals surface area contributed by atoms with Crippen LogP contribution in [0.3, 0.4) is 0 Å². The summed E-state index contributed by atoms with van der Waals surface area (Å²) in [6, 6.07) is 1.62. The number of nitrogens with one attached hydrogen (secondary N) is 1. The zero-order chi connectivity index (χ0) is 15.5. The molecule has 2 rings (SSSR count). The van der Waals surface area contributed by atoms with Crippen molar-refractivity contribution in [1.82, 2.24) is 9.99 Å². The van der Waals surface area contributed by atoms with Gasteiger partial charge in [-0.1, -0.05) is 0 Å². The number of hydrazone groups is 1. The Hall–Kier alpha value is -1.35. The number of ether oxygens (including phenoxy) is 1. The molecular formula is C12H17BrN4O3S. The molecule has 1 aromatic rings. The first-order valence-electron chi connectivity index (χ1n) is 6.55. The molecule has 116 valence electrons. The summed E-state index contributed by atoms with van der Waals surface area (Å²) in [5.41, 5.74) is 0.314. The molecule has 0 saturated carbocycles. The van der Waals surface area contributed by atoms with Gasteiger partial charge in [-0.2, -0.15) is 5.10 Å². The van der Waals surface area contributed by atoms with Crippen LogP contribution in [0.25, 0.3) is 0 Å². The van der Waals surface area contributed by atoms with E-state index in [1.807, 2.05) is 13.8 Å². The fraction of sp³-hybridized carbons (Fsp3) is 0.500. The van der Waals surface area contributed by atoms with E-state index < -0.39 is 15.3 Å². The van der Waals surface area contributed by atoms with Gasteiger partial charge in [0.05, 0.1) is 13.2 Å². The molecule has 2 heterocycles. The lowest BCUT2D eigenvalue weighted by molar-refractivity contribution is 0.328. The predicted molar refractivity (Wildman–Crippen MR) is 85.2 cm³/mol. The first-order chi connectivity index (χ1) is 9.96. The van der Waals surface area contributed by atoms with Crippen molar-refractivity contribution in [1.29, 1.82) is 0 Å². The zero-order valence-electron chi connectivity index (χ0n) is 11.8. The summed E-state index contributed by atoms with van der Waals surface area (Å²) in [5.74, 6) is 0.256. The number of sulfonamides is 1. The van der Waals surface area contributed by atoms with Crippen molar-refractivity contribution in [2.24, 2.45) is 5.10 Å². The number of rotatable bonds is 6. The normalized spacial score (nSPS) is 18.0. The minimum absolute atomic E-state index is 0.256. The second-order valence-corrected chi connectivity index (χ2v) is 7.21. The minimum Gasteiger partial charge on any atom is -0.476 e. The SMILES string of the molecule is CCOc1ncc(Br)cc1NS(=O)(=O)C1C=NN(CC)C1. The molecule has 1 aromatic heterocycles. The number of nitrogens with zero attached hydrogens (tertiary/aromatic N) is 3. The van der Waals surface area contributed by atoms with E-state index in [4.69, 9.17) is 4.74 Å². The molecule has 1 unspecified atom stereocenters. The molecule has 0 aliphatic carbocycles. The van der Waals surface area contributed by atoms with E-state index in [-0.39, 0.29) is 5.88 Å². The first-order valence-corrected chi connectivity index (χ1v) is 8.89. The number of hydrogen-bond donors (Lipinski definition) is 1. The van der Waals surface area contributed by atoms with Crippen molar-refractivity contribution in [3.05, 3.63) is 16.7 Å². The van der Waals surface area contributed by atoms with Crippen LogP contribution in [0.2, 0.25) is 0 Å². The maximum atomic E-state index is 12.4. The molecule has 1 N–H and O–H groups in total. The van der Waals surface area contributed by atoms with Crippen LogP contribution in [-0.2, 0) is 10.0 Å². The van der Waals surface area contributed by atoms with Crippen LogP contribution in [-0.4, -0.2) is 49.6 Å². The highest BCUT2D eigenvalue weighted by Gasteiger charge is 2.30. The fourth-order valence-electron chi connectivity index (χ4n) is 1.84. The quantitative estimate of drug-likeness (QED) is 0.816. The van der Waals surface area contributed by atoms with E-state index in [1.54, 1.807) is 17.3 Å². The third-order valence-electron chi connectivity index (χ3n) is 2.90. The highest BCUT2D eigenvalue weighted by atomic mass is 79.9. The molecule has 7 nitrogen and oxygen atoms in total. The molecular weight excluding hydrogens is 360 g/mol. The number of anilines is 1. The Labute approximate surface area is 132 Å². The number of pyridine rings is 1. The number of hydrogen-bond acceptors (Lipinski definition) is 6. The largest absolute Gasteiger partial charge is 0.476 e. The van der Waals surface area contributed by atoms with Crippen LogP contribution >= 0.6 is 15.9 Å². The lowest BCUT2D eigenvalue weighted by Gasteiger charge is -2.16. The second-order valence-electron chi connectivity index (χ2n) is 4.39. The van der Waals surface area contributed by atoms with E-state index in [0.29, 0.717) is 29.9 Å². The van der Waals surface area contributed by atoms with E-state index >= 15 is 0 Å². The Morgan fingerprint density at radius 2 is 2.29 bits per heavy atom. The monoisotopic (exact) mass is 376 g/mol. The maximum Gasteiger partial charge on any atom is 0.242 e. The third-order valence-corrected chi connectivity index (χ3v) is 4.91. The van der Waals surface area contributed by atoms with Crippen LogP contribution < -0.4 is 9.46 Å². The van der Waals surface area contributed by atoms with Crippen molar-refractivity contribution < 1.29 is 13.2 Å². The average Bonchev–Trinajstić information content (AvgIpc) is 2.91. The highest BCUT2D eigenvalue weighted by Crippen LogP contribution is 2.27. The summed E-state index contributed by atoms with van der Waals surface area (Å²) in [7, 11) is -3.60. The summed E-state index contributed by atoms with van der Waals surface area (Å²) in [6.07, 6.45) is 3.00. The van der Waals surface area contributed by atoms with Crippen LogP contribution in [0.4, 0.5) is 5.69 Å². The standard InChI is InChI=1S/C12H17BrN4O3S/c1-3-17-8-10(7-15-17)21(18,19)16-11-5-9(13)6-14-12(11)20-4-2/h5-7,10,16H,3-4,8H2,1-2H3. The van der Waals surface area contributed by atoms with Crippen molar-refractivity contribution in [2.75, 3.05) is 24.4 Å². The Balaban J connectivity index is 2.21. The lowest BCUT2D eigenvalue weighted by atomic mass is 10.4. The van der Waals surface area contributed by atoms with Gasteiger partial charge in [-0.15, -0.1) is 0 Å². The predicted octanol–water partition coefficient (Wildman–Crippen LogP) is 1.67. The van der Waals surface area contributed by atoms with Gasteiger partial charge in [0.25, 0.3) is 0 Å². The molecule has 0 fully saturated rings. The summed E-state index contributed by atoms with van der Waals surface area (Å²) in [5, 5.41) is 5.06. The molecule has 0 aromatic carbocycles. The number of aromatic nitrogens is 1. The summed E-state index contributed by atoms with van der Waals surface area (Å²) in [6.45, 7) is 5.15. The summed E-state index contributed by atoms with van der Waals surface area (Å²) >= 11 is 3.27. The zero-order valence-corrected chi connectivity index (χ0v) is 14.2. The Morgan fingerprint density at radius 1 is 1.52 bits per heavy atom. The average molecular weight is 377 g/mol. The smallest absolute Gasteiger partial charge is 0.242 e. The molecule has 0 spiro atoms. The van der Waals surface area contributed by atoms with E-state index in [9.17, 15) is 8.42 Å². The molecule has 0 saturated heterocycles. The van der Waals surface area contributed by atoms with E-state index in [0.717, 1.165) is 0 Å². The molecule has 1 aliphatic heterocycles. The van der Waals surface area contributed by atoms with Gasteiger partial charge in [0.1, 0.15) is 10.9 Å². The Kier molecular flexibility index (Phi) is 5.04. The Morgan fingerprint density at radius 3 is 2.90 bits per heavy atom. The van der Waals surface area contributed by atoms with Gasteiger partial charge >= 0.3 is 0 Å². The molecule has 21 heavy (non-hydrogen) atoms. The topological polar surface area (TPSA) is 83.9 Å². The van der Waals surface area contributed by atoms with Crippen LogP contribution in [0.15, 0.2) is 21.8 Å². The van der Waals surface area contributed by atoms with Crippen LogP contribution in [0.5, 0.6) is 5.88 Å². The van der Waals surface area contributed by atoms with Gasteiger partial charge in [-0.3, -0.25) is 9.73 Å². The summed E-state index contributed by atoms with van der Waals surface area (Å²) < 4.78 is 33.3. The second kappa shape index (κ2) is 6.61. The van der Waals surface area contributed by atoms with Crippen molar-refractivity contribution in [3.8, 4) is 5.88 Å². The van der Waals surface area contributed by atoms with Gasteiger partial charge in [0.15, 0.2) is 0 Å². The van der Waals surface area contributed by atoms with Gasteiger partial charge < -0.3 is 4.74 Å². The Bertz CT molecular complexity index is 635. The van der Waals surface area contributed by atoms with Crippen molar-refractivity contribution >= 4 is 37.9 Å². The molecule has 0 bridgehead atoms. The molecule has 9 heteroatoms. The minimum atomic E-state index is -3.60.